The Hall–Kier alpha value is -2.04. The van der Waals surface area contributed by atoms with Crippen LogP contribution in [0, 0.1) is 17.8 Å². The Morgan fingerprint density at radius 1 is 1.19 bits per heavy atom. The highest BCUT2D eigenvalue weighted by atomic mass is 16.5. The predicted octanol–water partition coefficient (Wildman–Crippen LogP) is 2.41. The van der Waals surface area contributed by atoms with Gasteiger partial charge in [-0.05, 0) is 30.2 Å². The molecule has 5 nitrogen and oxygen atoms in total. The largest absolute Gasteiger partial charge is 0.481 e. The van der Waals surface area contributed by atoms with Crippen molar-refractivity contribution >= 4 is 12.1 Å². The van der Waals surface area contributed by atoms with E-state index in [1.165, 1.54) is 0 Å². The first-order chi connectivity index (χ1) is 10.2. The van der Waals surface area contributed by atoms with Crippen LogP contribution < -0.4 is 5.32 Å². The second kappa shape index (κ2) is 5.76. The maximum Gasteiger partial charge on any atom is 0.407 e. The van der Waals surface area contributed by atoms with E-state index in [0.717, 1.165) is 24.8 Å². The summed E-state index contributed by atoms with van der Waals surface area (Å²) < 4.78 is 5.17. The van der Waals surface area contributed by atoms with Crippen molar-refractivity contribution in [2.24, 2.45) is 17.8 Å². The molecular formula is C16H19NO4. The van der Waals surface area contributed by atoms with E-state index in [1.807, 2.05) is 30.3 Å². The van der Waals surface area contributed by atoms with Crippen LogP contribution in [0.15, 0.2) is 30.3 Å². The summed E-state index contributed by atoms with van der Waals surface area (Å²) in [7, 11) is 0. The molecular weight excluding hydrogens is 270 g/mol. The number of ether oxygens (including phenoxy) is 1. The fraction of sp³-hybridized carbons (Fsp3) is 0.500. The van der Waals surface area contributed by atoms with E-state index in [-0.39, 0.29) is 18.6 Å². The topological polar surface area (TPSA) is 75.6 Å². The molecule has 2 saturated carbocycles. The van der Waals surface area contributed by atoms with Gasteiger partial charge < -0.3 is 15.2 Å². The van der Waals surface area contributed by atoms with Crippen LogP contribution >= 0.6 is 0 Å². The van der Waals surface area contributed by atoms with Gasteiger partial charge >= 0.3 is 12.1 Å². The number of carboxylic acids is 1. The van der Waals surface area contributed by atoms with Gasteiger partial charge in [-0.1, -0.05) is 36.8 Å². The van der Waals surface area contributed by atoms with Crippen LogP contribution in [0.5, 0.6) is 0 Å². The fourth-order valence-corrected chi connectivity index (χ4v) is 3.73. The van der Waals surface area contributed by atoms with Gasteiger partial charge in [0.2, 0.25) is 0 Å². The molecule has 0 aromatic heterocycles. The molecule has 112 valence electrons. The molecule has 2 aliphatic carbocycles. The van der Waals surface area contributed by atoms with Gasteiger partial charge in [-0.2, -0.15) is 0 Å². The van der Waals surface area contributed by atoms with E-state index in [2.05, 4.69) is 5.32 Å². The van der Waals surface area contributed by atoms with E-state index in [1.54, 1.807) is 0 Å². The van der Waals surface area contributed by atoms with Gasteiger partial charge in [-0.15, -0.1) is 0 Å². The average Bonchev–Trinajstić information content (AvgIpc) is 2.87. The summed E-state index contributed by atoms with van der Waals surface area (Å²) >= 11 is 0. The number of carbonyl (C=O) groups excluding carboxylic acids is 1. The molecule has 1 aromatic rings. The van der Waals surface area contributed by atoms with E-state index in [4.69, 9.17) is 4.74 Å². The van der Waals surface area contributed by atoms with E-state index < -0.39 is 18.0 Å². The molecule has 2 N–H and O–H groups in total. The molecule has 5 heteroatoms. The number of alkyl carbamates (subject to hydrolysis) is 1. The third-order valence-electron chi connectivity index (χ3n) is 4.72. The van der Waals surface area contributed by atoms with Crippen LogP contribution in [0.25, 0.3) is 0 Å². The highest BCUT2D eigenvalue weighted by Crippen LogP contribution is 2.51. The van der Waals surface area contributed by atoms with Gasteiger partial charge in [0.25, 0.3) is 0 Å². The third-order valence-corrected chi connectivity index (χ3v) is 4.72. The number of carboxylic acid groups (broad SMARTS) is 1. The highest BCUT2D eigenvalue weighted by Gasteiger charge is 2.56. The molecule has 0 spiro atoms. The quantitative estimate of drug-likeness (QED) is 0.892. The van der Waals surface area contributed by atoms with Crippen molar-refractivity contribution in [2.45, 2.75) is 31.9 Å². The van der Waals surface area contributed by atoms with Crippen molar-refractivity contribution in [1.82, 2.24) is 5.32 Å². The summed E-state index contributed by atoms with van der Waals surface area (Å²) in [6.45, 7) is 0.200. The van der Waals surface area contributed by atoms with Gasteiger partial charge in [-0.25, -0.2) is 4.79 Å². The smallest absolute Gasteiger partial charge is 0.407 e. The van der Waals surface area contributed by atoms with Gasteiger partial charge in [0.1, 0.15) is 6.61 Å². The van der Waals surface area contributed by atoms with Gasteiger partial charge in [0.15, 0.2) is 0 Å². The van der Waals surface area contributed by atoms with Crippen LogP contribution in [0.1, 0.15) is 24.8 Å². The molecule has 4 atom stereocenters. The Balaban J connectivity index is 1.53. The van der Waals surface area contributed by atoms with Crippen LogP contribution in [0.3, 0.4) is 0 Å². The minimum absolute atomic E-state index is 0.200. The zero-order chi connectivity index (χ0) is 14.8. The number of aliphatic carboxylic acids is 1. The van der Waals surface area contributed by atoms with E-state index in [9.17, 15) is 14.7 Å². The third kappa shape index (κ3) is 2.73. The Morgan fingerprint density at radius 2 is 1.90 bits per heavy atom. The second-order valence-corrected chi connectivity index (χ2v) is 5.85. The summed E-state index contributed by atoms with van der Waals surface area (Å²) in [5.41, 5.74) is 0.912. The van der Waals surface area contributed by atoms with Crippen molar-refractivity contribution in [1.29, 1.82) is 0 Å². The first-order valence-electron chi connectivity index (χ1n) is 7.37. The lowest BCUT2D eigenvalue weighted by atomic mass is 9.62. The monoisotopic (exact) mass is 289 g/mol. The molecule has 0 heterocycles. The fourth-order valence-electron chi connectivity index (χ4n) is 3.73. The number of amides is 1. The Labute approximate surface area is 123 Å². The van der Waals surface area contributed by atoms with Gasteiger partial charge in [0, 0.05) is 6.04 Å². The van der Waals surface area contributed by atoms with Gasteiger partial charge in [-0.3, -0.25) is 4.79 Å². The number of fused-ring (bicyclic) bond motifs is 1. The minimum Gasteiger partial charge on any atom is -0.481 e. The van der Waals surface area contributed by atoms with Crippen molar-refractivity contribution in [3.8, 4) is 0 Å². The maximum absolute atomic E-state index is 11.9. The maximum atomic E-state index is 11.9. The lowest BCUT2D eigenvalue weighted by Crippen LogP contribution is -2.60. The minimum atomic E-state index is -0.813. The lowest BCUT2D eigenvalue weighted by molar-refractivity contribution is -0.152. The Kier molecular flexibility index (Phi) is 3.82. The van der Waals surface area contributed by atoms with Crippen molar-refractivity contribution in [3.05, 3.63) is 35.9 Å². The summed E-state index contributed by atoms with van der Waals surface area (Å²) in [5, 5.41) is 12.0. The van der Waals surface area contributed by atoms with Crippen molar-refractivity contribution in [2.75, 3.05) is 0 Å². The number of rotatable bonds is 4. The summed E-state index contributed by atoms with van der Waals surface area (Å²) in [6, 6.07) is 9.14. The molecule has 0 unspecified atom stereocenters. The Morgan fingerprint density at radius 3 is 2.62 bits per heavy atom. The summed E-state index contributed by atoms with van der Waals surface area (Å²) in [5.74, 6) is -0.745. The normalized spacial score (nSPS) is 30.1. The molecule has 0 radical (unpaired) electrons. The lowest BCUT2D eigenvalue weighted by Gasteiger charge is -2.46. The zero-order valence-corrected chi connectivity index (χ0v) is 11.7. The highest BCUT2D eigenvalue weighted by molar-refractivity contribution is 5.75. The van der Waals surface area contributed by atoms with Crippen LogP contribution in [0.2, 0.25) is 0 Å². The summed E-state index contributed by atoms with van der Waals surface area (Å²) in [6.07, 6.45) is 2.48. The molecule has 0 aliphatic heterocycles. The molecule has 3 rings (SSSR count). The van der Waals surface area contributed by atoms with Crippen LogP contribution in [0.4, 0.5) is 4.79 Å². The molecule has 1 amide bonds. The van der Waals surface area contributed by atoms with Crippen molar-refractivity contribution in [3.63, 3.8) is 0 Å². The number of hydrogen-bond donors (Lipinski definition) is 2. The Bertz CT molecular complexity index is 530. The first kappa shape index (κ1) is 13.9. The van der Waals surface area contributed by atoms with E-state index >= 15 is 0 Å². The molecule has 0 saturated heterocycles. The van der Waals surface area contributed by atoms with E-state index in [0.29, 0.717) is 5.92 Å². The molecule has 1 aromatic carbocycles. The van der Waals surface area contributed by atoms with Crippen LogP contribution in [-0.4, -0.2) is 23.2 Å². The number of carbonyl (C=O) groups is 2. The number of hydrogen-bond acceptors (Lipinski definition) is 3. The molecule has 2 fully saturated rings. The molecule has 2 aliphatic rings. The average molecular weight is 289 g/mol. The molecule has 0 bridgehead atoms. The predicted molar refractivity (Wildman–Crippen MR) is 75.5 cm³/mol. The standard InChI is InChI=1S/C16H19NO4/c18-15(19)13-11-7-4-8-12(11)14(13)17-16(20)21-9-10-5-2-1-3-6-10/h1-3,5-6,11-14H,4,7-9H2,(H,17,20)(H,18,19)/t11-,12+,13-,14-/m0/s1. The first-order valence-corrected chi connectivity index (χ1v) is 7.37. The second-order valence-electron chi connectivity index (χ2n) is 5.85. The van der Waals surface area contributed by atoms with Crippen LogP contribution in [-0.2, 0) is 16.1 Å². The van der Waals surface area contributed by atoms with Crippen molar-refractivity contribution < 1.29 is 19.4 Å². The van der Waals surface area contributed by atoms with Gasteiger partial charge in [0.05, 0.1) is 5.92 Å². The SMILES string of the molecule is O=C(N[C@H]1[C@@H]2CCC[C@@H]2[C@@H]1C(=O)O)OCc1ccccc1. The molecule has 21 heavy (non-hydrogen) atoms. The zero-order valence-electron chi connectivity index (χ0n) is 11.7. The number of nitrogens with one attached hydrogen (secondary N) is 1. The number of benzene rings is 1. The summed E-state index contributed by atoms with van der Waals surface area (Å²) in [4.78, 5) is 23.2.